The molecule has 0 saturated carbocycles. The quantitative estimate of drug-likeness (QED) is 0.404. The van der Waals surface area contributed by atoms with Crippen molar-refractivity contribution in [1.82, 2.24) is 0 Å². The van der Waals surface area contributed by atoms with Crippen molar-refractivity contribution >= 4 is 38.9 Å². The molecule has 0 spiro atoms. The van der Waals surface area contributed by atoms with Crippen LogP contribution in [0.3, 0.4) is 0 Å². The molecule has 0 aliphatic heterocycles. The second-order valence-electron chi connectivity index (χ2n) is 7.81. The van der Waals surface area contributed by atoms with Gasteiger partial charge in [0.15, 0.2) is 0 Å². The highest BCUT2D eigenvalue weighted by atomic mass is 35.5. The first-order valence-corrected chi connectivity index (χ1v) is 12.1. The van der Waals surface area contributed by atoms with Crippen molar-refractivity contribution in [2.24, 2.45) is 0 Å². The first kappa shape index (κ1) is 25.6. The zero-order chi connectivity index (χ0) is 25.1. The molecule has 0 heterocycles. The van der Waals surface area contributed by atoms with Crippen LogP contribution in [0.5, 0.6) is 0 Å². The molecule has 3 rings (SSSR count). The number of nitrogens with one attached hydrogen (secondary N) is 1. The van der Waals surface area contributed by atoms with Gasteiger partial charge >= 0.3 is 6.18 Å². The van der Waals surface area contributed by atoms with Gasteiger partial charge in [-0.05, 0) is 53.9 Å². The Morgan fingerprint density at radius 1 is 1.00 bits per heavy atom. The number of rotatable bonds is 7. The number of carbonyl (C=O) groups is 1. The lowest BCUT2D eigenvalue weighted by Crippen LogP contribution is -2.38. The van der Waals surface area contributed by atoms with Gasteiger partial charge in [0.05, 0.1) is 21.2 Å². The van der Waals surface area contributed by atoms with Gasteiger partial charge in [0, 0.05) is 5.69 Å². The minimum absolute atomic E-state index is 0.174. The van der Waals surface area contributed by atoms with E-state index >= 15 is 0 Å². The summed E-state index contributed by atoms with van der Waals surface area (Å²) in [4.78, 5) is 12.6. The molecule has 0 bridgehead atoms. The maximum absolute atomic E-state index is 13.4. The van der Waals surface area contributed by atoms with Crippen molar-refractivity contribution in [3.8, 4) is 0 Å². The van der Waals surface area contributed by atoms with Crippen molar-refractivity contribution < 1.29 is 26.4 Å². The lowest BCUT2D eigenvalue weighted by Gasteiger charge is -2.25. The van der Waals surface area contributed by atoms with Crippen LogP contribution in [0.1, 0.15) is 30.9 Å². The molecule has 5 nitrogen and oxygen atoms in total. The lowest BCUT2D eigenvalue weighted by atomic mass is 10.0. The summed E-state index contributed by atoms with van der Waals surface area (Å²) in [5, 5.41) is 2.01. The zero-order valence-electron chi connectivity index (χ0n) is 18.3. The highest BCUT2D eigenvalue weighted by Crippen LogP contribution is 2.38. The third kappa shape index (κ3) is 5.90. The fourth-order valence-electron chi connectivity index (χ4n) is 3.20. The highest BCUT2D eigenvalue weighted by molar-refractivity contribution is 7.92. The first-order valence-electron chi connectivity index (χ1n) is 10.2. The maximum Gasteiger partial charge on any atom is 0.417 e. The van der Waals surface area contributed by atoms with Gasteiger partial charge in [-0.25, -0.2) is 8.42 Å². The van der Waals surface area contributed by atoms with Crippen LogP contribution >= 0.6 is 11.6 Å². The van der Waals surface area contributed by atoms with Gasteiger partial charge in [-0.15, -0.1) is 0 Å². The number of nitrogens with zero attached hydrogens (tertiary/aromatic N) is 1. The summed E-state index contributed by atoms with van der Waals surface area (Å²) in [6.07, 6.45) is -4.81. The van der Waals surface area contributed by atoms with Crippen LogP contribution in [-0.4, -0.2) is 20.9 Å². The maximum atomic E-state index is 13.4. The zero-order valence-corrected chi connectivity index (χ0v) is 19.9. The van der Waals surface area contributed by atoms with E-state index in [0.29, 0.717) is 16.1 Å². The summed E-state index contributed by atoms with van der Waals surface area (Å²) in [6.45, 7) is 3.28. The number of alkyl halides is 3. The molecule has 180 valence electrons. The molecule has 0 fully saturated rings. The fraction of sp³-hybridized carbons (Fsp3) is 0.208. The van der Waals surface area contributed by atoms with E-state index in [-0.39, 0.29) is 16.5 Å². The van der Waals surface area contributed by atoms with Crippen molar-refractivity contribution in [1.29, 1.82) is 0 Å². The number of anilines is 2. The molecule has 0 aliphatic carbocycles. The molecule has 1 amide bonds. The molecule has 10 heteroatoms. The molecular formula is C24H22ClF3N2O3S. The molecule has 0 unspecified atom stereocenters. The predicted molar refractivity (Wildman–Crippen MR) is 127 cm³/mol. The minimum atomic E-state index is -4.81. The molecule has 0 aliphatic rings. The Morgan fingerprint density at radius 3 is 2.18 bits per heavy atom. The van der Waals surface area contributed by atoms with E-state index in [2.05, 4.69) is 5.32 Å². The Hall–Kier alpha value is -3.04. The number of hydrogen-bond donors (Lipinski definition) is 1. The van der Waals surface area contributed by atoms with Gasteiger partial charge in [0.2, 0.25) is 5.91 Å². The van der Waals surface area contributed by atoms with Crippen LogP contribution in [0.25, 0.3) is 0 Å². The predicted octanol–water partition coefficient (Wildman–Crippen LogP) is 6.32. The van der Waals surface area contributed by atoms with Crippen molar-refractivity contribution in [3.63, 3.8) is 0 Å². The molecule has 1 N–H and O–H groups in total. The number of sulfonamides is 1. The normalized spacial score (nSPS) is 12.0. The van der Waals surface area contributed by atoms with Crippen LogP contribution in [0, 0.1) is 0 Å². The molecule has 3 aromatic carbocycles. The lowest BCUT2D eigenvalue weighted by molar-refractivity contribution is -0.137. The smallest absolute Gasteiger partial charge is 0.325 e. The van der Waals surface area contributed by atoms with Crippen molar-refractivity contribution in [3.05, 3.63) is 88.9 Å². The molecule has 0 atom stereocenters. The SMILES string of the molecule is CC(C)c1ccc(NC(=O)CN(c2ccc(Cl)c(C(F)(F)F)c2)S(=O)(=O)c2ccccc2)cc1. The molecule has 0 saturated heterocycles. The Bertz CT molecular complexity index is 1260. The average molecular weight is 511 g/mol. The van der Waals surface area contributed by atoms with E-state index in [9.17, 15) is 26.4 Å². The van der Waals surface area contributed by atoms with E-state index in [1.54, 1.807) is 18.2 Å². The standard InChI is InChI=1S/C24H22ClF3N2O3S/c1-16(2)17-8-10-18(11-9-17)29-23(31)15-30(34(32,33)20-6-4-3-5-7-20)19-12-13-22(25)21(14-19)24(26,27)28/h3-14,16H,15H2,1-2H3,(H,29,31). The van der Waals surface area contributed by atoms with Crippen LogP contribution < -0.4 is 9.62 Å². The van der Waals surface area contributed by atoms with Crippen molar-refractivity contribution in [2.75, 3.05) is 16.2 Å². The summed E-state index contributed by atoms with van der Waals surface area (Å²) < 4.78 is 67.5. The van der Waals surface area contributed by atoms with Gasteiger partial charge in [0.25, 0.3) is 10.0 Å². The van der Waals surface area contributed by atoms with E-state index < -0.39 is 39.2 Å². The summed E-state index contributed by atoms with van der Waals surface area (Å²) in [5.41, 5.74) is -0.0684. The number of hydrogen-bond acceptors (Lipinski definition) is 3. The Kier molecular flexibility index (Phi) is 7.57. The van der Waals surface area contributed by atoms with E-state index in [1.807, 2.05) is 26.0 Å². The largest absolute Gasteiger partial charge is 0.417 e. The second-order valence-corrected chi connectivity index (χ2v) is 10.1. The summed E-state index contributed by atoms with van der Waals surface area (Å²) in [5.74, 6) is -0.440. The number of carbonyl (C=O) groups excluding carboxylic acids is 1. The van der Waals surface area contributed by atoms with Gasteiger partial charge in [-0.2, -0.15) is 13.2 Å². The fourth-order valence-corrected chi connectivity index (χ4v) is 4.86. The number of halogens is 4. The summed E-state index contributed by atoms with van der Waals surface area (Å²) in [6, 6.07) is 16.8. The van der Waals surface area contributed by atoms with E-state index in [1.165, 1.54) is 24.3 Å². The van der Waals surface area contributed by atoms with E-state index in [0.717, 1.165) is 17.7 Å². The van der Waals surface area contributed by atoms with Gasteiger partial charge < -0.3 is 5.32 Å². The molecule has 3 aromatic rings. The minimum Gasteiger partial charge on any atom is -0.325 e. The Labute approximate surface area is 201 Å². The molecular weight excluding hydrogens is 489 g/mol. The van der Waals surface area contributed by atoms with Crippen molar-refractivity contribution in [2.45, 2.75) is 30.8 Å². The summed E-state index contributed by atoms with van der Waals surface area (Å²) >= 11 is 5.70. The van der Waals surface area contributed by atoms with Crippen LogP contribution in [-0.2, 0) is 21.0 Å². The topological polar surface area (TPSA) is 66.5 Å². The molecule has 0 radical (unpaired) electrons. The van der Waals surface area contributed by atoms with E-state index in [4.69, 9.17) is 11.6 Å². The highest BCUT2D eigenvalue weighted by Gasteiger charge is 2.35. The molecule has 34 heavy (non-hydrogen) atoms. The van der Waals surface area contributed by atoms with Gasteiger partial charge in [0.1, 0.15) is 6.54 Å². The monoisotopic (exact) mass is 510 g/mol. The second kappa shape index (κ2) is 10.1. The Balaban J connectivity index is 1.98. The van der Waals surface area contributed by atoms with Gasteiger partial charge in [-0.1, -0.05) is 55.8 Å². The molecule has 0 aromatic heterocycles. The van der Waals surface area contributed by atoms with Gasteiger partial charge in [-0.3, -0.25) is 9.10 Å². The number of benzene rings is 3. The summed E-state index contributed by atoms with van der Waals surface area (Å²) in [7, 11) is -4.37. The van der Waals surface area contributed by atoms with Crippen LogP contribution in [0.2, 0.25) is 5.02 Å². The Morgan fingerprint density at radius 2 is 1.62 bits per heavy atom. The average Bonchev–Trinajstić information content (AvgIpc) is 2.78. The third-order valence-corrected chi connectivity index (χ3v) is 7.14. The first-order chi connectivity index (χ1) is 15.9. The third-order valence-electron chi connectivity index (χ3n) is 5.02. The number of amides is 1. The van der Waals surface area contributed by atoms with Crippen LogP contribution in [0.15, 0.2) is 77.7 Å². The van der Waals surface area contributed by atoms with Crippen LogP contribution in [0.4, 0.5) is 24.5 Å².